The van der Waals surface area contributed by atoms with Gasteiger partial charge in [-0.2, -0.15) is 0 Å². The molecule has 0 unspecified atom stereocenters. The molecule has 1 aliphatic carbocycles. The zero-order valence-corrected chi connectivity index (χ0v) is 31.6. The number of carbonyl (C=O) groups excluding carboxylic acids is 5. The average Bonchev–Trinajstić information content (AvgIpc) is 3.62. The Bertz CT molecular complexity index is 2030. The summed E-state index contributed by atoms with van der Waals surface area (Å²) < 4.78 is 0. The highest BCUT2D eigenvalue weighted by atomic mass is 16.4. The lowest BCUT2D eigenvalue weighted by atomic mass is 9.80. The van der Waals surface area contributed by atoms with E-state index in [0.29, 0.717) is 56.7 Å². The maximum absolute atomic E-state index is 14.0. The fraction of sp³-hybridized carbons (Fsp3) is 0.366. The van der Waals surface area contributed by atoms with E-state index in [-0.39, 0.29) is 37.2 Å². The predicted octanol–water partition coefficient (Wildman–Crippen LogP) is 3.84. The molecule has 1 saturated carbocycles. The molecule has 5 rings (SSSR count). The molecular weight excluding hydrogens is 731 g/mol. The lowest BCUT2D eigenvalue weighted by molar-refractivity contribution is -0.137. The molecule has 5 amide bonds. The van der Waals surface area contributed by atoms with Crippen molar-refractivity contribution in [2.75, 3.05) is 11.9 Å². The number of aromatic amines is 1. The minimum Gasteiger partial charge on any atom is -0.481 e. The smallest absolute Gasteiger partial charge is 0.303 e. The second-order valence-electron chi connectivity index (χ2n) is 14.1. The lowest BCUT2D eigenvalue weighted by Gasteiger charge is -2.36. The summed E-state index contributed by atoms with van der Waals surface area (Å²) in [6, 6.07) is 15.4. The van der Waals surface area contributed by atoms with Crippen molar-refractivity contribution in [3.63, 3.8) is 0 Å². The van der Waals surface area contributed by atoms with Crippen LogP contribution in [0.2, 0.25) is 0 Å². The summed E-state index contributed by atoms with van der Waals surface area (Å²) in [7, 11) is 0. The number of hydrogen-bond donors (Lipinski definition) is 8. The number of nitrogens with one attached hydrogen (secondary N) is 6. The highest BCUT2D eigenvalue weighted by Gasteiger charge is 2.41. The Morgan fingerprint density at radius 1 is 0.877 bits per heavy atom. The summed E-state index contributed by atoms with van der Waals surface area (Å²) in [6.45, 7) is 0.295. The number of unbranched alkanes of at least 4 members (excludes halogenated alkanes) is 1. The number of aliphatic carboxylic acids is 1. The van der Waals surface area contributed by atoms with Crippen LogP contribution in [0, 0.1) is 0 Å². The molecule has 1 aliphatic rings. The Balaban J connectivity index is 1.28. The van der Waals surface area contributed by atoms with Crippen LogP contribution in [0.4, 0.5) is 11.6 Å². The number of primary amides is 1. The van der Waals surface area contributed by atoms with E-state index in [2.05, 4.69) is 41.5 Å². The Morgan fingerprint density at radius 2 is 1.65 bits per heavy atom. The molecule has 2 atom stereocenters. The van der Waals surface area contributed by atoms with Gasteiger partial charge in [0, 0.05) is 42.7 Å². The van der Waals surface area contributed by atoms with E-state index in [0.717, 1.165) is 23.0 Å². The molecule has 2 heterocycles. The number of pyridine rings is 1. The fourth-order valence-electron chi connectivity index (χ4n) is 6.70. The van der Waals surface area contributed by atoms with E-state index < -0.39 is 47.2 Å². The van der Waals surface area contributed by atoms with Gasteiger partial charge in [-0.1, -0.05) is 43.5 Å². The summed E-state index contributed by atoms with van der Waals surface area (Å²) in [5.41, 5.74) is 7.66. The van der Waals surface area contributed by atoms with Gasteiger partial charge in [-0.3, -0.25) is 33.8 Å². The Labute approximate surface area is 329 Å². The highest BCUT2D eigenvalue weighted by molar-refractivity contribution is 5.99. The molecule has 57 heavy (non-hydrogen) atoms. The number of H-pyrrole nitrogens is 1. The number of anilines is 2. The number of imidazole rings is 1. The van der Waals surface area contributed by atoms with Gasteiger partial charge in [0.15, 0.2) is 0 Å². The normalized spacial score (nSPS) is 14.6. The van der Waals surface area contributed by atoms with E-state index in [1.807, 2.05) is 30.3 Å². The number of amides is 5. The molecule has 9 N–H and O–H groups in total. The number of carbonyl (C=O) groups is 6. The molecule has 0 bridgehead atoms. The van der Waals surface area contributed by atoms with Crippen LogP contribution in [0.15, 0.2) is 79.1 Å². The minimum absolute atomic E-state index is 0.0342. The van der Waals surface area contributed by atoms with Gasteiger partial charge in [-0.25, -0.2) is 4.98 Å². The number of benzene rings is 2. The number of para-hydroxylation sites is 2. The third-order valence-corrected chi connectivity index (χ3v) is 9.79. The van der Waals surface area contributed by atoms with Crippen LogP contribution in [0.25, 0.3) is 17.1 Å². The minimum atomic E-state index is -1.28. The number of nitrogens with two attached hydrogens (primary N) is 1. The summed E-state index contributed by atoms with van der Waals surface area (Å²) >= 11 is 0. The van der Waals surface area contributed by atoms with E-state index >= 15 is 0 Å². The van der Waals surface area contributed by atoms with Crippen molar-refractivity contribution >= 4 is 64.3 Å². The maximum Gasteiger partial charge on any atom is 0.303 e. The van der Waals surface area contributed by atoms with Gasteiger partial charge in [-0.15, -0.1) is 0 Å². The van der Waals surface area contributed by atoms with Crippen LogP contribution < -0.4 is 32.3 Å². The maximum atomic E-state index is 14.0. The molecule has 16 heteroatoms. The van der Waals surface area contributed by atoms with Gasteiger partial charge in [0.2, 0.25) is 29.6 Å². The van der Waals surface area contributed by atoms with Crippen molar-refractivity contribution in [3.8, 4) is 0 Å². The topological polar surface area (TPSA) is 250 Å². The van der Waals surface area contributed by atoms with Crippen LogP contribution in [0.5, 0.6) is 0 Å². The summed E-state index contributed by atoms with van der Waals surface area (Å²) in [5, 5.41) is 23.5. The molecule has 4 aromatic rings. The molecule has 0 aliphatic heterocycles. The van der Waals surface area contributed by atoms with Crippen molar-refractivity contribution in [2.24, 2.45) is 5.73 Å². The van der Waals surface area contributed by atoms with Gasteiger partial charge >= 0.3 is 5.97 Å². The Hall–Kier alpha value is -6.58. The largest absolute Gasteiger partial charge is 0.481 e. The number of carboxylic acid groups (broad SMARTS) is 1. The van der Waals surface area contributed by atoms with Gasteiger partial charge in [0.05, 0.1) is 11.0 Å². The van der Waals surface area contributed by atoms with Gasteiger partial charge < -0.3 is 42.4 Å². The Kier molecular flexibility index (Phi) is 14.9. The third kappa shape index (κ3) is 12.5. The van der Waals surface area contributed by atoms with Crippen LogP contribution in [0.1, 0.15) is 86.6 Å². The van der Waals surface area contributed by atoms with Crippen LogP contribution in [-0.4, -0.2) is 79.7 Å². The quantitative estimate of drug-likeness (QED) is 0.0475. The molecule has 0 spiro atoms. The fourth-order valence-corrected chi connectivity index (χ4v) is 6.70. The SMILES string of the molecule is NC(=O)C1(NC(=O)[C@@H](CCCC(=O)O)NC(=O)[C@@H](CCCCNC(=O)/C=C/c2cccnc2)NC(=O)c2cccc(Nc3nc4ccccc4[nH]3)c2)CCCCC1. The summed E-state index contributed by atoms with van der Waals surface area (Å²) in [5.74, 6) is -3.46. The second-order valence-corrected chi connectivity index (χ2v) is 14.1. The predicted molar refractivity (Wildman–Crippen MR) is 214 cm³/mol. The van der Waals surface area contributed by atoms with Crippen molar-refractivity contribution in [1.82, 2.24) is 36.2 Å². The van der Waals surface area contributed by atoms with Gasteiger partial charge in [-0.05, 0) is 93.0 Å². The average molecular weight is 780 g/mol. The van der Waals surface area contributed by atoms with Crippen LogP contribution >= 0.6 is 0 Å². The molecule has 16 nitrogen and oxygen atoms in total. The number of hydrogen-bond acceptors (Lipinski definition) is 9. The molecule has 0 radical (unpaired) electrons. The highest BCUT2D eigenvalue weighted by Crippen LogP contribution is 2.28. The number of rotatable bonds is 20. The standard InChI is InChI=1S/C41H49N9O7/c42-39(57)41(21-5-1-6-22-41)50-38(56)33(17-9-18-35(52)53)47-37(55)32(16-4-7-24-44-34(51)20-19-27-11-10-23-43-26-27)46-36(54)28-12-8-13-29(25-28)45-40-48-30-14-2-3-15-31(30)49-40/h2-3,8,10-15,19-20,23,25-26,32-33H,1,4-7,9,16-18,21-22,24H2,(H2,42,57)(H,44,51)(H,46,54)(H,47,55)(H,50,56)(H,52,53)(H2,45,48,49)/b20-19+/t32-,33-/m1/s1. The first kappa shape index (κ1) is 41.6. The van der Waals surface area contributed by atoms with E-state index in [4.69, 9.17) is 5.73 Å². The first-order valence-electron chi connectivity index (χ1n) is 19.1. The van der Waals surface area contributed by atoms with Crippen molar-refractivity contribution in [3.05, 3.63) is 90.3 Å². The second kappa shape index (κ2) is 20.4. The van der Waals surface area contributed by atoms with E-state index in [1.165, 1.54) is 6.08 Å². The van der Waals surface area contributed by atoms with Crippen molar-refractivity contribution in [2.45, 2.75) is 88.3 Å². The number of carboxylic acids is 1. The van der Waals surface area contributed by atoms with Gasteiger partial charge in [0.25, 0.3) is 5.91 Å². The molecule has 2 aromatic heterocycles. The molecule has 300 valence electrons. The van der Waals surface area contributed by atoms with E-state index in [9.17, 15) is 33.9 Å². The van der Waals surface area contributed by atoms with Crippen molar-refractivity contribution in [1.29, 1.82) is 0 Å². The Morgan fingerprint density at radius 3 is 2.39 bits per heavy atom. The summed E-state index contributed by atoms with van der Waals surface area (Å²) in [6.07, 6.45) is 10.0. The first-order chi connectivity index (χ1) is 27.5. The zero-order chi connectivity index (χ0) is 40.6. The molecular formula is C41H49N9O7. The zero-order valence-electron chi connectivity index (χ0n) is 31.6. The third-order valence-electron chi connectivity index (χ3n) is 9.79. The van der Waals surface area contributed by atoms with Crippen LogP contribution in [-0.2, 0) is 24.0 Å². The molecule has 0 saturated heterocycles. The molecule has 1 fully saturated rings. The number of nitrogens with zero attached hydrogens (tertiary/aromatic N) is 2. The monoisotopic (exact) mass is 779 g/mol. The van der Waals surface area contributed by atoms with Crippen LogP contribution in [0.3, 0.4) is 0 Å². The summed E-state index contributed by atoms with van der Waals surface area (Å²) in [4.78, 5) is 89.4. The number of aromatic nitrogens is 3. The van der Waals surface area contributed by atoms with Gasteiger partial charge in [0.1, 0.15) is 17.6 Å². The van der Waals surface area contributed by atoms with E-state index in [1.54, 1.807) is 48.8 Å². The first-order valence-corrected chi connectivity index (χ1v) is 19.1. The molecule has 2 aromatic carbocycles. The number of fused-ring (bicyclic) bond motifs is 1. The lowest BCUT2D eigenvalue weighted by Crippen LogP contribution is -2.62. The van der Waals surface area contributed by atoms with Crippen molar-refractivity contribution < 1.29 is 33.9 Å².